The number of aliphatic carboxylic acids is 1. The van der Waals surface area contributed by atoms with Crippen LogP contribution in [0.1, 0.15) is 18.4 Å². The Morgan fingerprint density at radius 3 is 2.58 bits per heavy atom. The van der Waals surface area contributed by atoms with E-state index in [4.69, 9.17) is 10.5 Å². The summed E-state index contributed by atoms with van der Waals surface area (Å²) in [5, 5.41) is 11.8. The highest BCUT2D eigenvalue weighted by Gasteiger charge is 2.26. The standard InChI is InChI=1S/C12H15BrN2O4/c1-6(16)15-11-9(19-2)4-3-8(13)10(11)7(5-14)12(17)18/h3-4,7H,5,14H2,1-2H3,(H,15,16)(H,17,18). The number of anilines is 1. The maximum absolute atomic E-state index is 11.3. The molecule has 0 aromatic heterocycles. The molecule has 0 bridgehead atoms. The molecule has 0 heterocycles. The topological polar surface area (TPSA) is 102 Å². The number of carboxylic acid groups (broad SMARTS) is 1. The molecule has 0 aliphatic heterocycles. The number of rotatable bonds is 5. The van der Waals surface area contributed by atoms with E-state index < -0.39 is 11.9 Å². The van der Waals surface area contributed by atoms with E-state index in [1.807, 2.05) is 0 Å². The number of benzene rings is 1. The lowest BCUT2D eigenvalue weighted by Crippen LogP contribution is -2.23. The molecule has 1 amide bonds. The number of hydrogen-bond donors (Lipinski definition) is 3. The first-order valence-corrected chi connectivity index (χ1v) is 6.28. The molecule has 6 nitrogen and oxygen atoms in total. The first kappa shape index (κ1) is 15.5. The molecule has 1 aromatic rings. The van der Waals surface area contributed by atoms with Gasteiger partial charge in [0.15, 0.2) is 0 Å². The Bertz CT molecular complexity index is 505. The molecule has 104 valence electrons. The second-order valence-corrected chi connectivity index (χ2v) is 4.70. The van der Waals surface area contributed by atoms with Crippen molar-refractivity contribution in [3.05, 3.63) is 22.2 Å². The Morgan fingerprint density at radius 1 is 1.53 bits per heavy atom. The summed E-state index contributed by atoms with van der Waals surface area (Å²) in [4.78, 5) is 22.5. The molecule has 1 unspecified atom stereocenters. The van der Waals surface area contributed by atoms with Gasteiger partial charge in [-0.05, 0) is 12.1 Å². The Kier molecular flexibility index (Phi) is 5.31. The van der Waals surface area contributed by atoms with Crippen molar-refractivity contribution in [2.45, 2.75) is 12.8 Å². The average Bonchev–Trinajstić information content (AvgIpc) is 2.33. The summed E-state index contributed by atoms with van der Waals surface area (Å²) in [6, 6.07) is 3.29. The summed E-state index contributed by atoms with van der Waals surface area (Å²) < 4.78 is 5.70. The highest BCUT2D eigenvalue weighted by molar-refractivity contribution is 9.10. The molecule has 0 spiro atoms. The molecule has 1 atom stereocenters. The number of carbonyl (C=O) groups excluding carboxylic acids is 1. The SMILES string of the molecule is COc1ccc(Br)c(C(CN)C(=O)O)c1NC(C)=O. The number of carbonyl (C=O) groups is 2. The fourth-order valence-corrected chi connectivity index (χ4v) is 2.34. The monoisotopic (exact) mass is 330 g/mol. The zero-order valence-electron chi connectivity index (χ0n) is 10.6. The van der Waals surface area contributed by atoms with Crippen molar-refractivity contribution in [1.82, 2.24) is 0 Å². The summed E-state index contributed by atoms with van der Waals surface area (Å²) in [7, 11) is 1.44. The Morgan fingerprint density at radius 2 is 2.16 bits per heavy atom. The van der Waals surface area contributed by atoms with Crippen molar-refractivity contribution >= 4 is 33.5 Å². The van der Waals surface area contributed by atoms with Crippen LogP contribution < -0.4 is 15.8 Å². The zero-order valence-corrected chi connectivity index (χ0v) is 12.2. The normalized spacial score (nSPS) is 11.8. The largest absolute Gasteiger partial charge is 0.495 e. The van der Waals surface area contributed by atoms with Crippen LogP contribution in [-0.2, 0) is 9.59 Å². The van der Waals surface area contributed by atoms with Crippen LogP contribution in [0, 0.1) is 0 Å². The Labute approximate surface area is 119 Å². The predicted octanol–water partition coefficient (Wildman–Crippen LogP) is 1.54. The van der Waals surface area contributed by atoms with Crippen molar-refractivity contribution in [1.29, 1.82) is 0 Å². The van der Waals surface area contributed by atoms with Gasteiger partial charge in [0.05, 0.1) is 18.7 Å². The van der Waals surface area contributed by atoms with Gasteiger partial charge in [0, 0.05) is 23.5 Å². The quantitative estimate of drug-likeness (QED) is 0.760. The van der Waals surface area contributed by atoms with Gasteiger partial charge in [-0.25, -0.2) is 0 Å². The first-order valence-electron chi connectivity index (χ1n) is 5.49. The molecule has 1 rings (SSSR count). The lowest BCUT2D eigenvalue weighted by atomic mass is 9.96. The minimum atomic E-state index is -1.07. The molecule has 0 fully saturated rings. The van der Waals surface area contributed by atoms with E-state index in [-0.39, 0.29) is 12.5 Å². The van der Waals surface area contributed by atoms with Gasteiger partial charge in [-0.3, -0.25) is 9.59 Å². The smallest absolute Gasteiger partial charge is 0.312 e. The molecule has 0 radical (unpaired) electrons. The molecule has 0 aliphatic rings. The number of nitrogens with two attached hydrogens (primary N) is 1. The molecule has 7 heteroatoms. The molecule has 4 N–H and O–H groups in total. The van der Waals surface area contributed by atoms with Crippen molar-refractivity contribution < 1.29 is 19.4 Å². The zero-order chi connectivity index (χ0) is 14.6. The second-order valence-electron chi connectivity index (χ2n) is 3.85. The van der Waals surface area contributed by atoms with Gasteiger partial charge in [-0.2, -0.15) is 0 Å². The van der Waals surface area contributed by atoms with E-state index in [1.165, 1.54) is 14.0 Å². The van der Waals surface area contributed by atoms with Gasteiger partial charge in [-0.1, -0.05) is 15.9 Å². The second kappa shape index (κ2) is 6.53. The molecular weight excluding hydrogens is 316 g/mol. The van der Waals surface area contributed by atoms with Gasteiger partial charge in [0.25, 0.3) is 0 Å². The van der Waals surface area contributed by atoms with Crippen molar-refractivity contribution in [3.63, 3.8) is 0 Å². The summed E-state index contributed by atoms with van der Waals surface area (Å²) in [5.41, 5.74) is 6.23. The number of amides is 1. The summed E-state index contributed by atoms with van der Waals surface area (Å²) in [6.07, 6.45) is 0. The van der Waals surface area contributed by atoms with E-state index in [1.54, 1.807) is 12.1 Å². The Hall–Kier alpha value is -1.60. The van der Waals surface area contributed by atoms with Gasteiger partial charge in [0.1, 0.15) is 5.75 Å². The van der Waals surface area contributed by atoms with Gasteiger partial charge in [-0.15, -0.1) is 0 Å². The van der Waals surface area contributed by atoms with Gasteiger partial charge < -0.3 is 20.9 Å². The van der Waals surface area contributed by atoms with E-state index in [9.17, 15) is 14.7 Å². The van der Waals surface area contributed by atoms with Crippen LogP contribution in [0.25, 0.3) is 0 Å². The number of hydrogen-bond acceptors (Lipinski definition) is 4. The third-order valence-electron chi connectivity index (χ3n) is 2.56. The molecule has 1 aromatic carbocycles. The van der Waals surface area contributed by atoms with Crippen LogP contribution in [0.3, 0.4) is 0 Å². The van der Waals surface area contributed by atoms with Crippen LogP contribution in [0.2, 0.25) is 0 Å². The van der Waals surface area contributed by atoms with Crippen molar-refractivity contribution in [3.8, 4) is 5.75 Å². The van der Waals surface area contributed by atoms with E-state index >= 15 is 0 Å². The third kappa shape index (κ3) is 3.45. The highest BCUT2D eigenvalue weighted by atomic mass is 79.9. The summed E-state index contributed by atoms with van der Waals surface area (Å²) in [5.74, 6) is -1.94. The molecule has 19 heavy (non-hydrogen) atoms. The van der Waals surface area contributed by atoms with E-state index in [2.05, 4.69) is 21.2 Å². The number of nitrogens with one attached hydrogen (secondary N) is 1. The van der Waals surface area contributed by atoms with Crippen LogP contribution in [0.15, 0.2) is 16.6 Å². The fourth-order valence-electron chi connectivity index (χ4n) is 1.73. The number of halogens is 1. The summed E-state index contributed by atoms with van der Waals surface area (Å²) >= 11 is 3.28. The maximum atomic E-state index is 11.3. The maximum Gasteiger partial charge on any atom is 0.312 e. The van der Waals surface area contributed by atoms with E-state index in [0.717, 1.165) is 0 Å². The first-order chi connectivity index (χ1) is 8.92. The number of ether oxygens (including phenoxy) is 1. The average molecular weight is 331 g/mol. The van der Waals surface area contributed by atoms with Crippen molar-refractivity contribution in [2.75, 3.05) is 19.0 Å². The molecule has 0 aliphatic carbocycles. The fraction of sp³-hybridized carbons (Fsp3) is 0.333. The van der Waals surface area contributed by atoms with Crippen LogP contribution in [0.5, 0.6) is 5.75 Å². The lowest BCUT2D eigenvalue weighted by molar-refractivity contribution is -0.138. The predicted molar refractivity (Wildman–Crippen MR) is 74.4 cm³/mol. The minimum Gasteiger partial charge on any atom is -0.495 e. The van der Waals surface area contributed by atoms with Crippen LogP contribution in [-0.4, -0.2) is 30.6 Å². The molecule has 0 saturated carbocycles. The summed E-state index contributed by atoms with van der Waals surface area (Å²) in [6.45, 7) is 1.25. The molecular formula is C12H15BrN2O4. The molecule has 0 saturated heterocycles. The number of methoxy groups -OCH3 is 1. The van der Waals surface area contributed by atoms with Gasteiger partial charge in [0.2, 0.25) is 5.91 Å². The van der Waals surface area contributed by atoms with Crippen LogP contribution >= 0.6 is 15.9 Å². The van der Waals surface area contributed by atoms with Crippen molar-refractivity contribution in [2.24, 2.45) is 5.73 Å². The third-order valence-corrected chi connectivity index (χ3v) is 3.25. The highest BCUT2D eigenvalue weighted by Crippen LogP contribution is 2.38. The number of carboxylic acids is 1. The lowest BCUT2D eigenvalue weighted by Gasteiger charge is -2.19. The Balaban J connectivity index is 3.49. The van der Waals surface area contributed by atoms with Crippen LogP contribution in [0.4, 0.5) is 5.69 Å². The van der Waals surface area contributed by atoms with Gasteiger partial charge >= 0.3 is 5.97 Å². The minimum absolute atomic E-state index is 0.0896. The van der Waals surface area contributed by atoms with E-state index in [0.29, 0.717) is 21.5 Å².